The third-order valence-corrected chi connectivity index (χ3v) is 4.38. The van der Waals surface area contributed by atoms with Gasteiger partial charge >= 0.3 is 5.97 Å². The normalized spacial score (nSPS) is 11.0. The van der Waals surface area contributed by atoms with Crippen molar-refractivity contribution in [1.29, 1.82) is 5.26 Å². The molecule has 2 aromatic carbocycles. The molecule has 0 unspecified atom stereocenters. The van der Waals surface area contributed by atoms with Crippen molar-refractivity contribution in [2.75, 3.05) is 5.32 Å². The molecule has 6 nitrogen and oxygen atoms in total. The standard InChI is InChI=1S/C23H18N2O4/c1-14-5-3-6-17(11-14)25-22(26)16(13-24)12-18-9-10-21(29-18)19-7-4-8-20(15(19)2)23(27)28/h3-12H,1-2H3,(H,25,26)(H,27,28)/b16-12+. The van der Waals surface area contributed by atoms with E-state index in [0.29, 0.717) is 28.3 Å². The van der Waals surface area contributed by atoms with Crippen LogP contribution in [-0.2, 0) is 4.79 Å². The molecule has 3 aromatic rings. The van der Waals surface area contributed by atoms with E-state index in [1.807, 2.05) is 25.1 Å². The Hall–Kier alpha value is -4.11. The van der Waals surface area contributed by atoms with Gasteiger partial charge in [-0.25, -0.2) is 4.79 Å². The minimum Gasteiger partial charge on any atom is -0.478 e. The number of carbonyl (C=O) groups excluding carboxylic acids is 1. The number of nitrogens with one attached hydrogen (secondary N) is 1. The van der Waals surface area contributed by atoms with Crippen LogP contribution in [-0.4, -0.2) is 17.0 Å². The van der Waals surface area contributed by atoms with Crippen LogP contribution in [0.15, 0.2) is 64.6 Å². The van der Waals surface area contributed by atoms with E-state index in [1.165, 1.54) is 12.1 Å². The number of carboxylic acids is 1. The largest absolute Gasteiger partial charge is 0.478 e. The molecular formula is C23H18N2O4. The molecule has 1 aromatic heterocycles. The molecule has 0 saturated heterocycles. The number of anilines is 1. The lowest BCUT2D eigenvalue weighted by atomic mass is 10.0. The summed E-state index contributed by atoms with van der Waals surface area (Å²) in [6.07, 6.45) is 1.35. The van der Waals surface area contributed by atoms with Gasteiger partial charge in [-0.1, -0.05) is 24.3 Å². The summed E-state index contributed by atoms with van der Waals surface area (Å²) in [7, 11) is 0. The summed E-state index contributed by atoms with van der Waals surface area (Å²) in [4.78, 5) is 23.7. The van der Waals surface area contributed by atoms with E-state index in [9.17, 15) is 20.0 Å². The molecule has 0 bridgehead atoms. The molecule has 3 rings (SSSR count). The van der Waals surface area contributed by atoms with Gasteiger partial charge in [-0.05, 0) is 55.3 Å². The van der Waals surface area contributed by atoms with Crippen LogP contribution in [0.3, 0.4) is 0 Å². The van der Waals surface area contributed by atoms with Gasteiger partial charge in [0.1, 0.15) is 23.2 Å². The van der Waals surface area contributed by atoms with Gasteiger partial charge in [0.05, 0.1) is 5.56 Å². The maximum absolute atomic E-state index is 12.4. The van der Waals surface area contributed by atoms with Crippen LogP contribution in [0.25, 0.3) is 17.4 Å². The third-order valence-electron chi connectivity index (χ3n) is 4.38. The number of furan rings is 1. The van der Waals surface area contributed by atoms with Crippen molar-refractivity contribution in [1.82, 2.24) is 0 Å². The first-order chi connectivity index (χ1) is 13.9. The number of nitrogens with zero attached hydrogens (tertiary/aromatic N) is 1. The van der Waals surface area contributed by atoms with Crippen molar-refractivity contribution in [3.8, 4) is 17.4 Å². The average Bonchev–Trinajstić information content (AvgIpc) is 3.14. The van der Waals surface area contributed by atoms with Crippen LogP contribution < -0.4 is 5.32 Å². The molecule has 0 saturated carbocycles. The second-order valence-corrected chi connectivity index (χ2v) is 6.48. The van der Waals surface area contributed by atoms with Crippen molar-refractivity contribution < 1.29 is 19.1 Å². The summed E-state index contributed by atoms with van der Waals surface area (Å²) in [5.41, 5.74) is 2.86. The SMILES string of the molecule is Cc1cccc(NC(=O)/C(C#N)=C/c2ccc(-c3cccc(C(=O)O)c3C)o2)c1. The van der Waals surface area contributed by atoms with Crippen molar-refractivity contribution in [3.63, 3.8) is 0 Å². The van der Waals surface area contributed by atoms with Crippen molar-refractivity contribution >= 4 is 23.6 Å². The molecule has 1 heterocycles. The van der Waals surface area contributed by atoms with Crippen molar-refractivity contribution in [3.05, 3.63) is 82.6 Å². The molecular weight excluding hydrogens is 368 g/mol. The number of hydrogen-bond acceptors (Lipinski definition) is 4. The second kappa shape index (κ2) is 8.28. The van der Waals surface area contributed by atoms with E-state index in [4.69, 9.17) is 4.42 Å². The number of aryl methyl sites for hydroxylation is 1. The fraction of sp³-hybridized carbons (Fsp3) is 0.0870. The van der Waals surface area contributed by atoms with Crippen LogP contribution in [0.2, 0.25) is 0 Å². The molecule has 0 aliphatic heterocycles. The Bertz CT molecular complexity index is 1170. The minimum absolute atomic E-state index is 0.108. The maximum Gasteiger partial charge on any atom is 0.335 e. The molecule has 2 N–H and O–H groups in total. The van der Waals surface area contributed by atoms with Gasteiger partial charge in [-0.15, -0.1) is 0 Å². The summed E-state index contributed by atoms with van der Waals surface area (Å²) in [5, 5.41) is 21.3. The van der Waals surface area contributed by atoms with Crippen LogP contribution >= 0.6 is 0 Å². The van der Waals surface area contributed by atoms with E-state index in [0.717, 1.165) is 5.56 Å². The molecule has 0 spiro atoms. The van der Waals surface area contributed by atoms with Crippen molar-refractivity contribution in [2.24, 2.45) is 0 Å². The number of rotatable bonds is 5. The predicted molar refractivity (Wildman–Crippen MR) is 109 cm³/mol. The van der Waals surface area contributed by atoms with Gasteiger partial charge in [0, 0.05) is 17.3 Å². The van der Waals surface area contributed by atoms with E-state index < -0.39 is 11.9 Å². The molecule has 0 radical (unpaired) electrons. The lowest BCUT2D eigenvalue weighted by Crippen LogP contribution is -2.13. The molecule has 0 atom stereocenters. The van der Waals surface area contributed by atoms with Crippen LogP contribution in [0, 0.1) is 25.2 Å². The van der Waals surface area contributed by atoms with E-state index in [2.05, 4.69) is 5.32 Å². The highest BCUT2D eigenvalue weighted by Crippen LogP contribution is 2.28. The Kier molecular flexibility index (Phi) is 5.61. The molecule has 29 heavy (non-hydrogen) atoms. The summed E-state index contributed by atoms with van der Waals surface area (Å²) >= 11 is 0. The first-order valence-electron chi connectivity index (χ1n) is 8.82. The Morgan fingerprint density at radius 3 is 2.55 bits per heavy atom. The van der Waals surface area contributed by atoms with Crippen LogP contribution in [0.4, 0.5) is 5.69 Å². The molecule has 0 aliphatic carbocycles. The number of amides is 1. The van der Waals surface area contributed by atoms with E-state index >= 15 is 0 Å². The van der Waals surface area contributed by atoms with E-state index in [-0.39, 0.29) is 11.1 Å². The second-order valence-electron chi connectivity index (χ2n) is 6.48. The molecule has 144 valence electrons. The van der Waals surface area contributed by atoms with Gasteiger partial charge in [0.15, 0.2) is 0 Å². The van der Waals surface area contributed by atoms with Crippen LogP contribution in [0.5, 0.6) is 0 Å². The number of aromatic carboxylic acids is 1. The van der Waals surface area contributed by atoms with Gasteiger partial charge in [-0.3, -0.25) is 4.79 Å². The zero-order chi connectivity index (χ0) is 21.0. The zero-order valence-electron chi connectivity index (χ0n) is 15.9. The molecule has 6 heteroatoms. The lowest BCUT2D eigenvalue weighted by Gasteiger charge is -2.06. The summed E-state index contributed by atoms with van der Waals surface area (Å²) in [6.45, 7) is 3.61. The number of hydrogen-bond donors (Lipinski definition) is 2. The lowest BCUT2D eigenvalue weighted by molar-refractivity contribution is -0.112. The quantitative estimate of drug-likeness (QED) is 0.484. The predicted octanol–water partition coefficient (Wildman–Crippen LogP) is 4.81. The highest BCUT2D eigenvalue weighted by Gasteiger charge is 2.15. The maximum atomic E-state index is 12.4. The van der Waals surface area contributed by atoms with Gasteiger partial charge in [0.2, 0.25) is 0 Å². The first kappa shape index (κ1) is 19.6. The molecule has 0 fully saturated rings. The summed E-state index contributed by atoms with van der Waals surface area (Å²) in [5.74, 6) is -0.792. The summed E-state index contributed by atoms with van der Waals surface area (Å²) in [6, 6.07) is 17.4. The Labute approximate surface area is 167 Å². The molecule has 1 amide bonds. The Morgan fingerprint density at radius 1 is 1.10 bits per heavy atom. The number of benzene rings is 2. The average molecular weight is 386 g/mol. The Balaban J connectivity index is 1.86. The Morgan fingerprint density at radius 2 is 1.86 bits per heavy atom. The minimum atomic E-state index is -1.02. The third kappa shape index (κ3) is 4.42. The van der Waals surface area contributed by atoms with E-state index in [1.54, 1.807) is 43.3 Å². The van der Waals surface area contributed by atoms with Gasteiger partial charge in [-0.2, -0.15) is 5.26 Å². The van der Waals surface area contributed by atoms with Gasteiger partial charge in [0.25, 0.3) is 5.91 Å². The summed E-state index contributed by atoms with van der Waals surface area (Å²) < 4.78 is 5.74. The number of nitriles is 1. The topological polar surface area (TPSA) is 103 Å². The molecule has 0 aliphatic rings. The smallest absolute Gasteiger partial charge is 0.335 e. The van der Waals surface area contributed by atoms with Gasteiger partial charge < -0.3 is 14.8 Å². The van der Waals surface area contributed by atoms with Crippen molar-refractivity contribution in [2.45, 2.75) is 13.8 Å². The highest BCUT2D eigenvalue weighted by atomic mass is 16.4. The number of carboxylic acid groups (broad SMARTS) is 1. The fourth-order valence-corrected chi connectivity index (χ4v) is 2.92. The van der Waals surface area contributed by atoms with Crippen LogP contribution in [0.1, 0.15) is 27.2 Å². The zero-order valence-corrected chi connectivity index (χ0v) is 15.9. The highest BCUT2D eigenvalue weighted by molar-refractivity contribution is 6.09. The fourth-order valence-electron chi connectivity index (χ4n) is 2.92. The first-order valence-corrected chi connectivity index (χ1v) is 8.82. The number of carbonyl (C=O) groups is 2. The monoisotopic (exact) mass is 386 g/mol.